The van der Waals surface area contributed by atoms with Gasteiger partial charge in [-0.1, -0.05) is 11.6 Å². The molecule has 1 aromatic carbocycles. The molecule has 0 unspecified atom stereocenters. The maximum absolute atomic E-state index is 12.1. The number of nitro groups is 1. The zero-order chi connectivity index (χ0) is 14.9. The summed E-state index contributed by atoms with van der Waals surface area (Å²) in [5.74, 6) is -0.408. The van der Waals surface area contributed by atoms with E-state index in [4.69, 9.17) is 11.6 Å². The van der Waals surface area contributed by atoms with Gasteiger partial charge in [-0.2, -0.15) is 5.10 Å². The van der Waals surface area contributed by atoms with Crippen LogP contribution in [0.1, 0.15) is 21.7 Å². The number of nitro benzene ring substituents is 1. The molecule has 8 heteroatoms. The lowest BCUT2D eigenvalue weighted by atomic mass is 10.2. The minimum Gasteiger partial charge on any atom is -0.319 e. The summed E-state index contributed by atoms with van der Waals surface area (Å²) in [6.07, 6.45) is 0. The third-order valence-corrected chi connectivity index (χ3v) is 3.08. The van der Waals surface area contributed by atoms with Crippen molar-refractivity contribution in [2.45, 2.75) is 13.8 Å². The number of nitrogens with zero attached hydrogens (tertiary/aromatic N) is 2. The van der Waals surface area contributed by atoms with Crippen molar-refractivity contribution in [3.63, 3.8) is 0 Å². The molecule has 0 aliphatic carbocycles. The minimum absolute atomic E-state index is 0.0803. The van der Waals surface area contributed by atoms with E-state index in [0.717, 1.165) is 5.69 Å². The highest BCUT2D eigenvalue weighted by molar-refractivity contribution is 6.33. The number of nitrogens with one attached hydrogen (secondary N) is 2. The Morgan fingerprint density at radius 3 is 2.65 bits per heavy atom. The molecule has 1 heterocycles. The Bertz CT molecular complexity index is 677. The standard InChI is InChI=1S/C12H11ClN4O3/c1-6-11(7(2)16-15-6)14-12(18)8-3-4-10(17(19)20)9(13)5-8/h3-5H,1-2H3,(H,14,18)(H,15,16). The number of aryl methyl sites for hydroxylation is 2. The third-order valence-electron chi connectivity index (χ3n) is 2.77. The Labute approximate surface area is 119 Å². The molecular formula is C12H11ClN4O3. The van der Waals surface area contributed by atoms with Gasteiger partial charge in [0.15, 0.2) is 0 Å². The van der Waals surface area contributed by atoms with Gasteiger partial charge >= 0.3 is 0 Å². The quantitative estimate of drug-likeness (QED) is 0.671. The first-order chi connectivity index (χ1) is 9.40. The second-order valence-electron chi connectivity index (χ2n) is 4.19. The van der Waals surface area contributed by atoms with Crippen molar-refractivity contribution >= 4 is 28.9 Å². The topological polar surface area (TPSA) is 101 Å². The monoisotopic (exact) mass is 294 g/mol. The fourth-order valence-corrected chi connectivity index (χ4v) is 1.97. The summed E-state index contributed by atoms with van der Waals surface area (Å²) in [7, 11) is 0. The van der Waals surface area contributed by atoms with Crippen LogP contribution in [0.5, 0.6) is 0 Å². The summed E-state index contributed by atoms with van der Waals surface area (Å²) < 4.78 is 0. The van der Waals surface area contributed by atoms with Gasteiger partial charge in [-0.05, 0) is 26.0 Å². The van der Waals surface area contributed by atoms with E-state index in [1.807, 2.05) is 0 Å². The number of carbonyl (C=O) groups excluding carboxylic acids is 1. The van der Waals surface area contributed by atoms with E-state index in [1.165, 1.54) is 18.2 Å². The lowest BCUT2D eigenvalue weighted by Crippen LogP contribution is -2.13. The van der Waals surface area contributed by atoms with E-state index in [2.05, 4.69) is 15.5 Å². The van der Waals surface area contributed by atoms with Gasteiger partial charge in [-0.15, -0.1) is 0 Å². The number of halogens is 1. The number of benzene rings is 1. The van der Waals surface area contributed by atoms with Crippen LogP contribution in [-0.2, 0) is 0 Å². The highest BCUT2D eigenvalue weighted by Crippen LogP contribution is 2.25. The predicted octanol–water partition coefficient (Wildman–Crippen LogP) is 2.84. The van der Waals surface area contributed by atoms with Crippen LogP contribution in [0, 0.1) is 24.0 Å². The highest BCUT2D eigenvalue weighted by atomic mass is 35.5. The Balaban J connectivity index is 2.26. The summed E-state index contributed by atoms with van der Waals surface area (Å²) >= 11 is 5.77. The molecule has 2 aromatic rings. The number of anilines is 1. The molecule has 2 N–H and O–H groups in total. The average Bonchev–Trinajstić information content (AvgIpc) is 2.70. The molecule has 2 rings (SSSR count). The van der Waals surface area contributed by atoms with Crippen molar-refractivity contribution < 1.29 is 9.72 Å². The van der Waals surface area contributed by atoms with E-state index in [9.17, 15) is 14.9 Å². The van der Waals surface area contributed by atoms with E-state index in [1.54, 1.807) is 13.8 Å². The second-order valence-corrected chi connectivity index (χ2v) is 4.59. The summed E-state index contributed by atoms with van der Waals surface area (Å²) in [6.45, 7) is 3.53. The fourth-order valence-electron chi connectivity index (χ4n) is 1.72. The van der Waals surface area contributed by atoms with Crippen LogP contribution in [-0.4, -0.2) is 21.0 Å². The molecular weight excluding hydrogens is 284 g/mol. The molecule has 0 spiro atoms. The number of amides is 1. The normalized spacial score (nSPS) is 10.3. The average molecular weight is 295 g/mol. The number of rotatable bonds is 3. The van der Waals surface area contributed by atoms with Gasteiger partial charge in [-0.25, -0.2) is 0 Å². The first-order valence-corrected chi connectivity index (χ1v) is 6.05. The second kappa shape index (κ2) is 5.30. The van der Waals surface area contributed by atoms with Gasteiger partial charge in [0.1, 0.15) is 5.02 Å². The van der Waals surface area contributed by atoms with Crippen molar-refractivity contribution in [1.29, 1.82) is 0 Å². The van der Waals surface area contributed by atoms with Crippen molar-refractivity contribution in [2.24, 2.45) is 0 Å². The maximum Gasteiger partial charge on any atom is 0.287 e. The van der Waals surface area contributed by atoms with Crippen molar-refractivity contribution in [1.82, 2.24) is 10.2 Å². The maximum atomic E-state index is 12.1. The van der Waals surface area contributed by atoms with Gasteiger partial charge in [-0.3, -0.25) is 20.0 Å². The molecule has 0 atom stereocenters. The van der Waals surface area contributed by atoms with Crippen molar-refractivity contribution in [3.05, 3.63) is 50.3 Å². The smallest absolute Gasteiger partial charge is 0.287 e. The van der Waals surface area contributed by atoms with Gasteiger partial charge in [0.2, 0.25) is 0 Å². The number of carbonyl (C=O) groups is 1. The molecule has 0 saturated heterocycles. The molecule has 0 fully saturated rings. The lowest BCUT2D eigenvalue weighted by molar-refractivity contribution is -0.384. The minimum atomic E-state index is -0.603. The summed E-state index contributed by atoms with van der Waals surface area (Å²) in [4.78, 5) is 22.1. The predicted molar refractivity (Wildman–Crippen MR) is 74.1 cm³/mol. The fraction of sp³-hybridized carbons (Fsp3) is 0.167. The van der Waals surface area contributed by atoms with Gasteiger partial charge < -0.3 is 5.32 Å². The zero-order valence-corrected chi connectivity index (χ0v) is 11.5. The number of aromatic nitrogens is 2. The van der Waals surface area contributed by atoms with Crippen LogP contribution in [0.4, 0.5) is 11.4 Å². The van der Waals surface area contributed by atoms with E-state index < -0.39 is 10.8 Å². The lowest BCUT2D eigenvalue weighted by Gasteiger charge is -2.05. The Morgan fingerprint density at radius 1 is 1.45 bits per heavy atom. The van der Waals surface area contributed by atoms with Crippen molar-refractivity contribution in [3.8, 4) is 0 Å². The molecule has 0 saturated carbocycles. The Hall–Kier alpha value is -2.41. The van der Waals surface area contributed by atoms with Crippen LogP contribution in [0.3, 0.4) is 0 Å². The van der Waals surface area contributed by atoms with E-state index >= 15 is 0 Å². The van der Waals surface area contributed by atoms with E-state index in [-0.39, 0.29) is 16.3 Å². The van der Waals surface area contributed by atoms with Crippen LogP contribution < -0.4 is 5.32 Å². The molecule has 7 nitrogen and oxygen atoms in total. The summed E-state index contributed by atoms with van der Waals surface area (Å²) in [5.41, 5.74) is 1.97. The van der Waals surface area contributed by atoms with Crippen LogP contribution >= 0.6 is 11.6 Å². The largest absolute Gasteiger partial charge is 0.319 e. The molecule has 0 aliphatic rings. The Kier molecular flexibility index (Phi) is 3.71. The van der Waals surface area contributed by atoms with Crippen molar-refractivity contribution in [2.75, 3.05) is 5.32 Å². The van der Waals surface area contributed by atoms with Crippen LogP contribution in [0.2, 0.25) is 5.02 Å². The van der Waals surface area contributed by atoms with Gasteiger partial charge in [0.25, 0.3) is 11.6 Å². The van der Waals surface area contributed by atoms with Gasteiger partial charge in [0.05, 0.1) is 22.0 Å². The molecule has 1 aromatic heterocycles. The molecule has 20 heavy (non-hydrogen) atoms. The molecule has 0 radical (unpaired) electrons. The van der Waals surface area contributed by atoms with E-state index in [0.29, 0.717) is 11.4 Å². The third kappa shape index (κ3) is 2.62. The molecule has 1 amide bonds. The molecule has 0 bridgehead atoms. The number of H-pyrrole nitrogens is 1. The van der Waals surface area contributed by atoms with Crippen LogP contribution in [0.15, 0.2) is 18.2 Å². The Morgan fingerprint density at radius 2 is 2.15 bits per heavy atom. The first-order valence-electron chi connectivity index (χ1n) is 5.67. The summed E-state index contributed by atoms with van der Waals surface area (Å²) in [6, 6.07) is 3.82. The SMILES string of the molecule is Cc1n[nH]c(C)c1NC(=O)c1ccc([N+](=O)[O-])c(Cl)c1. The number of aromatic amines is 1. The molecule has 104 valence electrons. The van der Waals surface area contributed by atoms with Crippen LogP contribution in [0.25, 0.3) is 0 Å². The number of hydrogen-bond donors (Lipinski definition) is 2. The highest BCUT2D eigenvalue weighted by Gasteiger charge is 2.17. The number of hydrogen-bond acceptors (Lipinski definition) is 4. The first kappa shape index (κ1) is 14.0. The molecule has 0 aliphatic heterocycles. The van der Waals surface area contributed by atoms with Gasteiger partial charge in [0, 0.05) is 11.6 Å². The zero-order valence-electron chi connectivity index (χ0n) is 10.7. The summed E-state index contributed by atoms with van der Waals surface area (Å²) in [5, 5.41) is 20.0.